The van der Waals surface area contributed by atoms with Gasteiger partial charge in [0, 0.05) is 15.2 Å². The van der Waals surface area contributed by atoms with Crippen LogP contribution < -0.4 is 10.6 Å². The Balaban J connectivity index is 2.05. The van der Waals surface area contributed by atoms with Crippen LogP contribution in [0.5, 0.6) is 0 Å². The second-order valence-corrected chi connectivity index (χ2v) is 5.69. The zero-order valence-electron chi connectivity index (χ0n) is 10.2. The van der Waals surface area contributed by atoms with Crippen molar-refractivity contribution in [2.45, 2.75) is 6.92 Å². The summed E-state index contributed by atoms with van der Waals surface area (Å²) in [5.74, 6) is 0. The summed E-state index contributed by atoms with van der Waals surface area (Å²) in [4.78, 5) is 0. The van der Waals surface area contributed by atoms with E-state index in [2.05, 4.69) is 26.6 Å². The molecule has 0 fully saturated rings. The van der Waals surface area contributed by atoms with Crippen LogP contribution in [0.4, 0.5) is 11.4 Å². The first-order valence-electron chi connectivity index (χ1n) is 5.65. The summed E-state index contributed by atoms with van der Waals surface area (Å²) in [6.45, 7) is 1.96. The van der Waals surface area contributed by atoms with Crippen LogP contribution in [0, 0.1) is 6.92 Å². The van der Waals surface area contributed by atoms with Crippen LogP contribution in [0.15, 0.2) is 46.9 Å². The van der Waals surface area contributed by atoms with Crippen LogP contribution in [-0.4, -0.2) is 5.11 Å². The molecule has 0 aliphatic heterocycles. The molecule has 0 bridgehead atoms. The SMILES string of the molecule is Cc1ccc(NC(=S)Nc2ccccc2Br)cc1Cl. The van der Waals surface area contributed by atoms with Gasteiger partial charge in [-0.05, 0) is 64.9 Å². The molecule has 5 heteroatoms. The predicted molar refractivity (Wildman–Crippen MR) is 90.2 cm³/mol. The van der Waals surface area contributed by atoms with Gasteiger partial charge in [0.15, 0.2) is 5.11 Å². The van der Waals surface area contributed by atoms with Crippen molar-refractivity contribution in [1.82, 2.24) is 0 Å². The largest absolute Gasteiger partial charge is 0.332 e. The maximum absolute atomic E-state index is 6.07. The van der Waals surface area contributed by atoms with Gasteiger partial charge in [0.2, 0.25) is 0 Å². The van der Waals surface area contributed by atoms with Gasteiger partial charge in [0.1, 0.15) is 0 Å². The van der Waals surface area contributed by atoms with E-state index in [1.165, 1.54) is 0 Å². The summed E-state index contributed by atoms with van der Waals surface area (Å²) in [5.41, 5.74) is 2.82. The fourth-order valence-electron chi connectivity index (χ4n) is 1.52. The zero-order valence-corrected chi connectivity index (χ0v) is 13.4. The molecule has 2 aromatic carbocycles. The monoisotopic (exact) mass is 354 g/mol. The van der Waals surface area contributed by atoms with Crippen LogP contribution in [0.1, 0.15) is 5.56 Å². The van der Waals surface area contributed by atoms with Crippen LogP contribution in [0.25, 0.3) is 0 Å². The molecule has 0 aromatic heterocycles. The lowest BCUT2D eigenvalue weighted by Crippen LogP contribution is -2.19. The van der Waals surface area contributed by atoms with Gasteiger partial charge in [0.05, 0.1) is 5.69 Å². The fourth-order valence-corrected chi connectivity index (χ4v) is 2.31. The van der Waals surface area contributed by atoms with Crippen molar-refractivity contribution in [2.75, 3.05) is 10.6 Å². The third kappa shape index (κ3) is 3.93. The van der Waals surface area contributed by atoms with Crippen molar-refractivity contribution in [3.05, 3.63) is 57.5 Å². The Morgan fingerprint density at radius 2 is 1.89 bits per heavy atom. The number of nitrogens with one attached hydrogen (secondary N) is 2. The van der Waals surface area contributed by atoms with Crippen molar-refractivity contribution in [3.8, 4) is 0 Å². The van der Waals surface area contributed by atoms with Gasteiger partial charge in [-0.15, -0.1) is 0 Å². The highest BCUT2D eigenvalue weighted by atomic mass is 79.9. The highest BCUT2D eigenvalue weighted by Gasteiger charge is 2.03. The van der Waals surface area contributed by atoms with Crippen molar-refractivity contribution >= 4 is 56.2 Å². The van der Waals surface area contributed by atoms with Crippen LogP contribution in [-0.2, 0) is 0 Å². The molecule has 0 unspecified atom stereocenters. The first-order chi connectivity index (χ1) is 9.06. The molecule has 2 aromatic rings. The van der Waals surface area contributed by atoms with E-state index in [1.54, 1.807) is 0 Å². The molecule has 19 heavy (non-hydrogen) atoms. The molecular formula is C14H12BrClN2S. The highest BCUT2D eigenvalue weighted by molar-refractivity contribution is 9.10. The molecule has 2 N–H and O–H groups in total. The van der Waals surface area contributed by atoms with Gasteiger partial charge >= 0.3 is 0 Å². The van der Waals surface area contributed by atoms with Gasteiger partial charge < -0.3 is 10.6 Å². The number of rotatable bonds is 2. The van der Waals surface area contributed by atoms with E-state index in [-0.39, 0.29) is 0 Å². The van der Waals surface area contributed by atoms with Crippen molar-refractivity contribution in [3.63, 3.8) is 0 Å². The number of anilines is 2. The number of halogens is 2. The second-order valence-electron chi connectivity index (χ2n) is 4.02. The molecule has 0 saturated heterocycles. The molecule has 0 aliphatic rings. The fraction of sp³-hybridized carbons (Fsp3) is 0.0714. The third-order valence-corrected chi connectivity index (χ3v) is 3.85. The molecule has 0 saturated carbocycles. The van der Waals surface area contributed by atoms with Crippen molar-refractivity contribution < 1.29 is 0 Å². The average molecular weight is 356 g/mol. The summed E-state index contributed by atoms with van der Waals surface area (Å²) in [6, 6.07) is 13.5. The van der Waals surface area contributed by atoms with Crippen LogP contribution in [0.2, 0.25) is 5.02 Å². The van der Waals surface area contributed by atoms with E-state index in [1.807, 2.05) is 49.4 Å². The van der Waals surface area contributed by atoms with Gasteiger partial charge in [0.25, 0.3) is 0 Å². The maximum atomic E-state index is 6.07. The Labute approximate surface area is 131 Å². The standard InChI is InChI=1S/C14H12BrClN2S/c1-9-6-7-10(8-12(9)16)17-14(19)18-13-5-3-2-4-11(13)15/h2-8H,1H3,(H2,17,18,19). The minimum Gasteiger partial charge on any atom is -0.332 e. The Morgan fingerprint density at radius 1 is 1.16 bits per heavy atom. The summed E-state index contributed by atoms with van der Waals surface area (Å²) in [6.07, 6.45) is 0. The molecule has 2 nitrogen and oxygen atoms in total. The number of thiocarbonyl (C=S) groups is 1. The summed E-state index contributed by atoms with van der Waals surface area (Å²) in [5, 5.41) is 7.46. The minimum atomic E-state index is 0.520. The Hall–Kier alpha value is -1.10. The topological polar surface area (TPSA) is 24.1 Å². The van der Waals surface area contributed by atoms with E-state index in [9.17, 15) is 0 Å². The summed E-state index contributed by atoms with van der Waals surface area (Å²) < 4.78 is 0.959. The van der Waals surface area contributed by atoms with Gasteiger partial charge in [-0.2, -0.15) is 0 Å². The van der Waals surface area contributed by atoms with Gasteiger partial charge in [-0.3, -0.25) is 0 Å². The molecule has 0 spiro atoms. The molecule has 0 amide bonds. The van der Waals surface area contributed by atoms with E-state index in [0.717, 1.165) is 21.4 Å². The molecule has 0 radical (unpaired) electrons. The Morgan fingerprint density at radius 3 is 2.58 bits per heavy atom. The van der Waals surface area contributed by atoms with Crippen LogP contribution in [0.3, 0.4) is 0 Å². The summed E-state index contributed by atoms with van der Waals surface area (Å²) in [7, 11) is 0. The highest BCUT2D eigenvalue weighted by Crippen LogP contribution is 2.23. The normalized spacial score (nSPS) is 10.1. The summed E-state index contributed by atoms with van der Waals surface area (Å²) >= 11 is 14.8. The number of para-hydroxylation sites is 1. The first-order valence-corrected chi connectivity index (χ1v) is 7.23. The molecular weight excluding hydrogens is 344 g/mol. The molecule has 0 atom stereocenters. The smallest absolute Gasteiger partial charge is 0.175 e. The average Bonchev–Trinajstić information content (AvgIpc) is 2.37. The van der Waals surface area contributed by atoms with Crippen molar-refractivity contribution in [2.24, 2.45) is 0 Å². The third-order valence-electron chi connectivity index (χ3n) is 2.55. The van der Waals surface area contributed by atoms with E-state index >= 15 is 0 Å². The Kier molecular flexibility index (Phi) is 4.80. The lowest BCUT2D eigenvalue weighted by molar-refractivity contribution is 1.46. The van der Waals surface area contributed by atoms with E-state index < -0.39 is 0 Å². The minimum absolute atomic E-state index is 0.520. The number of hydrogen-bond acceptors (Lipinski definition) is 1. The quantitative estimate of drug-likeness (QED) is 0.722. The van der Waals surface area contributed by atoms with E-state index in [0.29, 0.717) is 10.1 Å². The Bertz CT molecular complexity index is 616. The molecule has 0 aliphatic carbocycles. The predicted octanol–water partition coefficient (Wildman–Crippen LogP) is 5.22. The lowest BCUT2D eigenvalue weighted by atomic mass is 10.2. The van der Waals surface area contributed by atoms with Gasteiger partial charge in [-0.1, -0.05) is 29.8 Å². The zero-order chi connectivity index (χ0) is 13.8. The lowest BCUT2D eigenvalue weighted by Gasteiger charge is -2.12. The van der Waals surface area contributed by atoms with Crippen molar-refractivity contribution in [1.29, 1.82) is 0 Å². The van der Waals surface area contributed by atoms with Crippen LogP contribution >= 0.6 is 39.7 Å². The number of benzene rings is 2. The molecule has 2 rings (SSSR count). The number of aryl methyl sites for hydroxylation is 1. The second kappa shape index (κ2) is 6.37. The number of hydrogen-bond donors (Lipinski definition) is 2. The molecule has 0 heterocycles. The molecule has 98 valence electrons. The maximum Gasteiger partial charge on any atom is 0.175 e. The van der Waals surface area contributed by atoms with E-state index in [4.69, 9.17) is 23.8 Å². The first kappa shape index (κ1) is 14.3. The van der Waals surface area contributed by atoms with Gasteiger partial charge in [-0.25, -0.2) is 0 Å².